The van der Waals surface area contributed by atoms with E-state index in [-0.39, 0.29) is 42.6 Å². The highest BCUT2D eigenvalue weighted by atomic mass is 19.1. The lowest BCUT2D eigenvalue weighted by Crippen LogP contribution is -2.56. The van der Waals surface area contributed by atoms with E-state index in [1.54, 1.807) is 19.1 Å². The number of carboxylic acid groups (broad SMARTS) is 1. The Hall–Kier alpha value is -2.46. The topological polar surface area (TPSA) is 109 Å². The van der Waals surface area contributed by atoms with E-state index in [1.165, 1.54) is 12.1 Å². The fourth-order valence-electron chi connectivity index (χ4n) is 5.96. The van der Waals surface area contributed by atoms with Gasteiger partial charge in [-0.15, -0.1) is 0 Å². The van der Waals surface area contributed by atoms with Crippen LogP contribution in [0.1, 0.15) is 51.0 Å². The van der Waals surface area contributed by atoms with Gasteiger partial charge in [0.05, 0.1) is 30.6 Å². The second-order valence-corrected chi connectivity index (χ2v) is 9.54. The lowest BCUT2D eigenvalue weighted by atomic mass is 9.48. The lowest BCUT2D eigenvalue weighted by Gasteiger charge is -2.57. The first-order valence-electron chi connectivity index (χ1n) is 10.6. The molecule has 4 fully saturated rings. The molecular formula is C23H28FN3O3. The summed E-state index contributed by atoms with van der Waals surface area (Å²) in [6, 6.07) is 8.13. The molecule has 160 valence electrons. The minimum Gasteiger partial charge on any atom is -0.481 e. The van der Waals surface area contributed by atoms with Crippen molar-refractivity contribution in [2.24, 2.45) is 33.9 Å². The van der Waals surface area contributed by atoms with E-state index in [1.807, 2.05) is 0 Å². The largest absolute Gasteiger partial charge is 0.481 e. The number of rotatable bonds is 7. The van der Waals surface area contributed by atoms with Crippen LogP contribution in [0.2, 0.25) is 0 Å². The number of nitrogens with two attached hydrogens (primary N) is 1. The molecule has 0 aliphatic heterocycles. The molecule has 4 aliphatic carbocycles. The van der Waals surface area contributed by atoms with Crippen LogP contribution in [0.3, 0.4) is 0 Å². The van der Waals surface area contributed by atoms with Crippen molar-refractivity contribution in [1.29, 1.82) is 5.26 Å². The van der Waals surface area contributed by atoms with E-state index in [0.717, 1.165) is 24.8 Å². The van der Waals surface area contributed by atoms with Gasteiger partial charge in [0.15, 0.2) is 0 Å². The van der Waals surface area contributed by atoms with Gasteiger partial charge in [-0.2, -0.15) is 5.26 Å². The summed E-state index contributed by atoms with van der Waals surface area (Å²) in [7, 11) is 0. The second kappa shape index (κ2) is 7.66. The average molecular weight is 413 g/mol. The SMILES string of the molecule is CC(CC#N)(OCc1ccc(F)cc1)C(N)=NC1C2CC3CC1CC(C(=O)O)(C3)C2. The zero-order valence-corrected chi connectivity index (χ0v) is 17.2. The Morgan fingerprint density at radius 3 is 2.53 bits per heavy atom. The molecule has 4 aliphatic rings. The zero-order valence-electron chi connectivity index (χ0n) is 17.2. The smallest absolute Gasteiger partial charge is 0.309 e. The number of aliphatic carboxylic acids is 1. The van der Waals surface area contributed by atoms with E-state index in [2.05, 4.69) is 6.07 Å². The van der Waals surface area contributed by atoms with Crippen LogP contribution in [0.15, 0.2) is 29.3 Å². The summed E-state index contributed by atoms with van der Waals surface area (Å²) in [6.07, 6.45) is 4.14. The number of halogens is 1. The molecule has 4 saturated carbocycles. The van der Waals surface area contributed by atoms with E-state index in [4.69, 9.17) is 15.5 Å². The van der Waals surface area contributed by atoms with Crippen LogP contribution in [0.25, 0.3) is 0 Å². The summed E-state index contributed by atoms with van der Waals surface area (Å²) in [5, 5.41) is 19.1. The number of ether oxygens (including phenoxy) is 1. The van der Waals surface area contributed by atoms with Crippen molar-refractivity contribution in [2.75, 3.05) is 0 Å². The fourth-order valence-corrected chi connectivity index (χ4v) is 5.96. The highest BCUT2D eigenvalue weighted by molar-refractivity contribution is 5.89. The molecule has 0 saturated heterocycles. The van der Waals surface area contributed by atoms with Crippen LogP contribution in [0, 0.1) is 40.3 Å². The molecule has 3 atom stereocenters. The third-order valence-electron chi connectivity index (χ3n) is 7.39. The van der Waals surface area contributed by atoms with Crippen LogP contribution in [-0.4, -0.2) is 28.6 Å². The molecule has 0 aromatic heterocycles. The number of amidine groups is 1. The van der Waals surface area contributed by atoms with Gasteiger partial charge in [-0.1, -0.05) is 12.1 Å². The van der Waals surface area contributed by atoms with Crippen molar-refractivity contribution >= 4 is 11.8 Å². The van der Waals surface area contributed by atoms with Crippen molar-refractivity contribution in [3.63, 3.8) is 0 Å². The van der Waals surface area contributed by atoms with Crippen LogP contribution in [-0.2, 0) is 16.1 Å². The number of hydrogen-bond donors (Lipinski definition) is 2. The molecular weight excluding hydrogens is 385 g/mol. The zero-order chi connectivity index (χ0) is 21.5. The Kier molecular flexibility index (Phi) is 5.31. The van der Waals surface area contributed by atoms with Crippen molar-refractivity contribution in [2.45, 2.75) is 63.7 Å². The average Bonchev–Trinajstić information content (AvgIpc) is 2.70. The molecule has 30 heavy (non-hydrogen) atoms. The maximum atomic E-state index is 13.1. The summed E-state index contributed by atoms with van der Waals surface area (Å²) < 4.78 is 19.1. The number of carboxylic acids is 1. The minimum atomic E-state index is -1.05. The number of hydrogen-bond acceptors (Lipinski definition) is 4. The lowest BCUT2D eigenvalue weighted by molar-refractivity contribution is -0.166. The van der Waals surface area contributed by atoms with Crippen molar-refractivity contribution in [1.82, 2.24) is 0 Å². The predicted molar refractivity (Wildman–Crippen MR) is 109 cm³/mol. The molecule has 5 rings (SSSR count). The van der Waals surface area contributed by atoms with Gasteiger partial charge in [-0.05, 0) is 74.5 Å². The first-order valence-corrected chi connectivity index (χ1v) is 10.6. The third kappa shape index (κ3) is 3.69. The third-order valence-corrected chi connectivity index (χ3v) is 7.39. The van der Waals surface area contributed by atoms with Crippen molar-refractivity contribution < 1.29 is 19.0 Å². The molecule has 3 N–H and O–H groups in total. The second-order valence-electron chi connectivity index (χ2n) is 9.54. The van der Waals surface area contributed by atoms with Gasteiger partial charge >= 0.3 is 5.97 Å². The molecule has 0 heterocycles. The predicted octanol–water partition coefficient (Wildman–Crippen LogP) is 3.65. The Bertz CT molecular complexity index is 878. The number of nitrogens with zero attached hydrogens (tertiary/aromatic N) is 2. The summed E-state index contributed by atoms with van der Waals surface area (Å²) in [4.78, 5) is 16.8. The maximum absolute atomic E-state index is 13.1. The molecule has 0 spiro atoms. The van der Waals surface area contributed by atoms with Gasteiger partial charge in [0, 0.05) is 0 Å². The molecule has 3 unspecified atom stereocenters. The van der Waals surface area contributed by atoms with Gasteiger partial charge in [-0.3, -0.25) is 9.79 Å². The van der Waals surface area contributed by atoms with E-state index >= 15 is 0 Å². The van der Waals surface area contributed by atoms with E-state index in [9.17, 15) is 19.6 Å². The number of carbonyl (C=O) groups is 1. The molecule has 1 aromatic carbocycles. The minimum absolute atomic E-state index is 0.0125. The Balaban J connectivity index is 1.52. The Morgan fingerprint density at radius 1 is 1.33 bits per heavy atom. The normalized spacial score (nSPS) is 34.4. The summed E-state index contributed by atoms with van der Waals surface area (Å²) in [5.41, 5.74) is 5.54. The van der Waals surface area contributed by atoms with Crippen LogP contribution < -0.4 is 5.73 Å². The summed E-state index contributed by atoms with van der Waals surface area (Å²) >= 11 is 0. The van der Waals surface area contributed by atoms with Gasteiger partial charge < -0.3 is 15.6 Å². The fraction of sp³-hybridized carbons (Fsp3) is 0.609. The first-order chi connectivity index (χ1) is 14.2. The number of aliphatic imine (C=N–C) groups is 1. The van der Waals surface area contributed by atoms with E-state index in [0.29, 0.717) is 18.8 Å². The Labute approximate surface area is 175 Å². The summed E-state index contributed by atoms with van der Waals surface area (Å²) in [6.45, 7) is 1.95. The number of benzene rings is 1. The Morgan fingerprint density at radius 2 is 1.97 bits per heavy atom. The van der Waals surface area contributed by atoms with Crippen LogP contribution in [0.5, 0.6) is 0 Å². The molecule has 1 aromatic rings. The standard InChI is InChI=1S/C23H28FN3O3/c1-22(6-7-25,30-13-14-2-4-18(24)5-3-14)20(26)27-19-16-8-15-9-17(19)12-23(10-15,11-16)21(28)29/h2-5,15-17,19H,6,8-13H2,1H3,(H2,26,27)(H,28,29). The summed E-state index contributed by atoms with van der Waals surface area (Å²) in [5.74, 6) is 0.193. The van der Waals surface area contributed by atoms with Gasteiger partial charge in [0.2, 0.25) is 0 Å². The van der Waals surface area contributed by atoms with Crippen LogP contribution >= 0.6 is 0 Å². The molecule has 0 amide bonds. The first kappa shape index (κ1) is 20.8. The van der Waals surface area contributed by atoms with Crippen molar-refractivity contribution in [3.05, 3.63) is 35.6 Å². The van der Waals surface area contributed by atoms with Gasteiger partial charge in [0.1, 0.15) is 17.3 Å². The molecule has 0 radical (unpaired) electrons. The van der Waals surface area contributed by atoms with E-state index < -0.39 is 17.0 Å². The van der Waals surface area contributed by atoms with Gasteiger partial charge in [-0.25, -0.2) is 4.39 Å². The molecule has 4 bridgehead atoms. The van der Waals surface area contributed by atoms with Crippen LogP contribution in [0.4, 0.5) is 4.39 Å². The molecule has 7 heteroatoms. The monoisotopic (exact) mass is 413 g/mol. The maximum Gasteiger partial charge on any atom is 0.309 e. The van der Waals surface area contributed by atoms with Crippen molar-refractivity contribution in [3.8, 4) is 6.07 Å². The highest BCUT2D eigenvalue weighted by Crippen LogP contribution is 2.61. The van der Waals surface area contributed by atoms with Gasteiger partial charge in [0.25, 0.3) is 0 Å². The quantitative estimate of drug-likeness (QED) is 0.524. The highest BCUT2D eigenvalue weighted by Gasteiger charge is 2.59. The molecule has 6 nitrogen and oxygen atoms in total. The number of nitriles is 1.